The Bertz CT molecular complexity index is 1180. The average molecular weight is 1030 g/mol. The SMILES string of the molecule is CCC/C=C\C/C=C\CCCCCCCC(=O)OCCCCCCCCCCCCCCCCCCCCCCCC(=O)NC(CO)C(O)/C=C/CCCCCCCCCCCCCCCCCCCCCC. The molecule has 6 heteroatoms. The molecule has 0 aromatic carbocycles. The first-order valence-corrected chi connectivity index (χ1v) is 32.8. The molecule has 73 heavy (non-hydrogen) atoms. The van der Waals surface area contributed by atoms with Crippen LogP contribution in [0.5, 0.6) is 0 Å². The molecule has 0 saturated carbocycles. The summed E-state index contributed by atoms with van der Waals surface area (Å²) in [6.07, 6.45) is 79.1. The van der Waals surface area contributed by atoms with Crippen molar-refractivity contribution >= 4 is 11.9 Å². The minimum absolute atomic E-state index is 0.00367. The van der Waals surface area contributed by atoms with Crippen molar-refractivity contribution in [2.24, 2.45) is 0 Å². The molecular formula is C67H127NO5. The molecule has 0 aromatic heterocycles. The second kappa shape index (κ2) is 62.6. The monoisotopic (exact) mass is 1030 g/mol. The number of hydrogen-bond donors (Lipinski definition) is 3. The van der Waals surface area contributed by atoms with Gasteiger partial charge in [0.1, 0.15) is 0 Å². The highest BCUT2D eigenvalue weighted by atomic mass is 16.5. The van der Waals surface area contributed by atoms with Gasteiger partial charge in [-0.25, -0.2) is 0 Å². The molecule has 0 saturated heterocycles. The number of rotatable bonds is 61. The van der Waals surface area contributed by atoms with E-state index in [0.717, 1.165) is 51.4 Å². The van der Waals surface area contributed by atoms with Gasteiger partial charge in [-0.15, -0.1) is 0 Å². The number of amides is 1. The van der Waals surface area contributed by atoms with Crippen LogP contribution in [0.25, 0.3) is 0 Å². The van der Waals surface area contributed by atoms with Crippen LogP contribution in [0.1, 0.15) is 354 Å². The van der Waals surface area contributed by atoms with E-state index >= 15 is 0 Å². The number of carbonyl (C=O) groups excluding carboxylic acids is 2. The van der Waals surface area contributed by atoms with E-state index < -0.39 is 12.1 Å². The van der Waals surface area contributed by atoms with E-state index in [1.807, 2.05) is 6.08 Å². The van der Waals surface area contributed by atoms with Crippen molar-refractivity contribution in [3.05, 3.63) is 36.5 Å². The van der Waals surface area contributed by atoms with Crippen molar-refractivity contribution in [3.63, 3.8) is 0 Å². The first kappa shape index (κ1) is 71.1. The summed E-state index contributed by atoms with van der Waals surface area (Å²) in [5, 5.41) is 23.2. The van der Waals surface area contributed by atoms with Crippen molar-refractivity contribution in [2.45, 2.75) is 366 Å². The number of carbonyl (C=O) groups is 2. The third-order valence-corrected chi connectivity index (χ3v) is 15.1. The van der Waals surface area contributed by atoms with Gasteiger partial charge in [0.05, 0.1) is 25.4 Å². The summed E-state index contributed by atoms with van der Waals surface area (Å²) in [6.45, 7) is 4.86. The van der Waals surface area contributed by atoms with E-state index in [2.05, 4.69) is 43.5 Å². The molecule has 0 fully saturated rings. The molecule has 0 rings (SSSR count). The molecule has 2 unspecified atom stereocenters. The lowest BCUT2D eigenvalue weighted by Gasteiger charge is -2.20. The Labute approximate surface area is 455 Å². The molecule has 0 aromatic rings. The van der Waals surface area contributed by atoms with Gasteiger partial charge in [0.25, 0.3) is 0 Å². The quantitative estimate of drug-likeness (QED) is 0.0320. The molecule has 0 aliphatic carbocycles. The van der Waals surface area contributed by atoms with Gasteiger partial charge in [0, 0.05) is 12.8 Å². The minimum atomic E-state index is -0.847. The largest absolute Gasteiger partial charge is 0.466 e. The Morgan fingerprint density at radius 2 is 0.712 bits per heavy atom. The van der Waals surface area contributed by atoms with Crippen LogP contribution >= 0.6 is 0 Å². The Hall–Kier alpha value is -1.92. The van der Waals surface area contributed by atoms with Gasteiger partial charge in [-0.3, -0.25) is 9.59 Å². The normalized spacial score (nSPS) is 12.8. The molecular weight excluding hydrogens is 899 g/mol. The summed E-state index contributed by atoms with van der Waals surface area (Å²) in [4.78, 5) is 24.5. The second-order valence-electron chi connectivity index (χ2n) is 22.5. The molecule has 0 spiro atoms. The highest BCUT2D eigenvalue weighted by molar-refractivity contribution is 5.76. The smallest absolute Gasteiger partial charge is 0.305 e. The third kappa shape index (κ3) is 59.2. The lowest BCUT2D eigenvalue weighted by atomic mass is 10.0. The molecule has 0 heterocycles. The van der Waals surface area contributed by atoms with E-state index in [1.54, 1.807) is 6.08 Å². The maximum atomic E-state index is 12.5. The topological polar surface area (TPSA) is 95.9 Å². The first-order chi connectivity index (χ1) is 36.0. The fourth-order valence-corrected chi connectivity index (χ4v) is 10.1. The van der Waals surface area contributed by atoms with Crippen LogP contribution in [0.15, 0.2) is 36.5 Å². The predicted octanol–water partition coefficient (Wildman–Crippen LogP) is 20.8. The van der Waals surface area contributed by atoms with Crippen LogP contribution in [0.3, 0.4) is 0 Å². The standard InChI is InChI=1S/C67H127NO5/c1-3-5-7-9-11-13-15-17-18-19-20-21-23-26-29-32-36-39-43-47-51-55-59-65(70)64(63-69)68-66(71)60-56-52-48-44-40-37-33-30-27-24-22-25-28-31-34-38-42-46-50-54-58-62-73-67(72)61-57-53-49-45-41-35-16-14-12-10-8-6-4-2/h8,10,14,16,55,59,64-65,69-70H,3-7,9,11-13,15,17-54,56-58,60-63H2,1-2H3,(H,68,71)/b10-8-,16-14-,59-55+. The fourth-order valence-electron chi connectivity index (χ4n) is 10.1. The molecule has 0 radical (unpaired) electrons. The van der Waals surface area contributed by atoms with Crippen LogP contribution in [0, 0.1) is 0 Å². The summed E-state index contributed by atoms with van der Waals surface area (Å²) in [6, 6.07) is -0.630. The third-order valence-electron chi connectivity index (χ3n) is 15.1. The molecule has 2 atom stereocenters. The van der Waals surface area contributed by atoms with E-state index in [0.29, 0.717) is 19.4 Å². The van der Waals surface area contributed by atoms with Crippen LogP contribution in [-0.4, -0.2) is 47.4 Å². The highest BCUT2D eigenvalue weighted by Crippen LogP contribution is 2.18. The summed E-state index contributed by atoms with van der Waals surface area (Å²) in [5.74, 6) is -0.0697. The van der Waals surface area contributed by atoms with Crippen LogP contribution in [0.4, 0.5) is 0 Å². The number of aliphatic hydroxyl groups excluding tert-OH is 2. The number of unbranched alkanes of at least 4 members (excludes halogenated alkanes) is 46. The summed E-state index contributed by atoms with van der Waals surface area (Å²) in [5.41, 5.74) is 0. The zero-order chi connectivity index (χ0) is 52.9. The predicted molar refractivity (Wildman–Crippen MR) is 319 cm³/mol. The van der Waals surface area contributed by atoms with E-state index in [-0.39, 0.29) is 18.5 Å². The number of ether oxygens (including phenoxy) is 1. The molecule has 0 aliphatic heterocycles. The van der Waals surface area contributed by atoms with Crippen molar-refractivity contribution in [2.75, 3.05) is 13.2 Å². The minimum Gasteiger partial charge on any atom is -0.466 e. The number of allylic oxidation sites excluding steroid dienone is 5. The van der Waals surface area contributed by atoms with E-state index in [1.165, 1.54) is 276 Å². The van der Waals surface area contributed by atoms with E-state index in [4.69, 9.17) is 4.74 Å². The van der Waals surface area contributed by atoms with Gasteiger partial charge in [-0.05, 0) is 57.8 Å². The number of nitrogens with one attached hydrogen (secondary N) is 1. The lowest BCUT2D eigenvalue weighted by molar-refractivity contribution is -0.143. The Morgan fingerprint density at radius 3 is 1.10 bits per heavy atom. The zero-order valence-corrected chi connectivity index (χ0v) is 49.1. The van der Waals surface area contributed by atoms with Gasteiger partial charge in [0.2, 0.25) is 5.91 Å². The fraction of sp³-hybridized carbons (Fsp3) is 0.881. The molecule has 3 N–H and O–H groups in total. The molecule has 1 amide bonds. The van der Waals surface area contributed by atoms with Gasteiger partial charge >= 0.3 is 5.97 Å². The number of hydrogen-bond acceptors (Lipinski definition) is 5. The molecule has 430 valence electrons. The lowest BCUT2D eigenvalue weighted by Crippen LogP contribution is -2.45. The van der Waals surface area contributed by atoms with Crippen LogP contribution in [0.2, 0.25) is 0 Å². The number of esters is 1. The molecule has 6 nitrogen and oxygen atoms in total. The van der Waals surface area contributed by atoms with Crippen LogP contribution in [-0.2, 0) is 14.3 Å². The maximum absolute atomic E-state index is 12.5. The van der Waals surface area contributed by atoms with Crippen LogP contribution < -0.4 is 5.32 Å². The maximum Gasteiger partial charge on any atom is 0.305 e. The van der Waals surface area contributed by atoms with Gasteiger partial charge in [-0.2, -0.15) is 0 Å². The summed E-state index contributed by atoms with van der Waals surface area (Å²) >= 11 is 0. The van der Waals surface area contributed by atoms with Gasteiger partial charge < -0.3 is 20.3 Å². The Balaban J connectivity index is 3.43. The van der Waals surface area contributed by atoms with Crippen molar-refractivity contribution in [1.29, 1.82) is 0 Å². The Kier molecular flexibility index (Phi) is 61.0. The van der Waals surface area contributed by atoms with Crippen molar-refractivity contribution < 1.29 is 24.5 Å². The summed E-state index contributed by atoms with van der Waals surface area (Å²) < 4.78 is 5.47. The van der Waals surface area contributed by atoms with Gasteiger partial charge in [-0.1, -0.05) is 320 Å². The summed E-state index contributed by atoms with van der Waals surface area (Å²) in [7, 11) is 0. The molecule has 0 aliphatic rings. The average Bonchev–Trinajstić information content (AvgIpc) is 3.39. The second-order valence-corrected chi connectivity index (χ2v) is 22.5. The number of aliphatic hydroxyl groups is 2. The zero-order valence-electron chi connectivity index (χ0n) is 49.1. The van der Waals surface area contributed by atoms with E-state index in [9.17, 15) is 19.8 Å². The first-order valence-electron chi connectivity index (χ1n) is 32.8. The Morgan fingerprint density at radius 1 is 0.384 bits per heavy atom. The van der Waals surface area contributed by atoms with Crippen molar-refractivity contribution in [1.82, 2.24) is 5.32 Å². The highest BCUT2D eigenvalue weighted by Gasteiger charge is 2.18. The van der Waals surface area contributed by atoms with Crippen molar-refractivity contribution in [3.8, 4) is 0 Å². The van der Waals surface area contributed by atoms with Gasteiger partial charge in [0.15, 0.2) is 0 Å². The molecule has 0 bridgehead atoms.